The number of nitro benzene ring substituents is 1. The molecule has 2 rings (SSSR count). The minimum absolute atomic E-state index is 0.0355. The Labute approximate surface area is 169 Å². The summed E-state index contributed by atoms with van der Waals surface area (Å²) in [5.41, 5.74) is 2.03. The second-order valence-corrected chi connectivity index (χ2v) is 6.81. The zero-order valence-corrected chi connectivity index (χ0v) is 16.5. The first kappa shape index (κ1) is 22.3. The number of nitrogens with zero attached hydrogens (tertiary/aromatic N) is 1. The van der Waals surface area contributed by atoms with E-state index < -0.39 is 17.1 Å². The first-order valence-electron chi connectivity index (χ1n) is 9.14. The third-order valence-electron chi connectivity index (χ3n) is 4.49. The maximum Gasteiger partial charge on any atom is 0.269 e. The van der Waals surface area contributed by atoms with Crippen LogP contribution in [-0.4, -0.2) is 29.0 Å². The first-order valence-corrected chi connectivity index (χ1v) is 9.14. The van der Waals surface area contributed by atoms with Crippen LogP contribution in [0, 0.1) is 10.1 Å². The number of carbonyl (C=O) groups excluding carboxylic acids is 1. The number of benzene rings is 2. The number of non-ortho nitro benzene ring substituents is 1. The van der Waals surface area contributed by atoms with Crippen LogP contribution in [0.3, 0.4) is 0 Å². The Morgan fingerprint density at radius 1 is 1.14 bits per heavy atom. The van der Waals surface area contributed by atoms with Crippen LogP contribution in [0.2, 0.25) is 0 Å². The number of nitro groups is 1. The maximum atomic E-state index is 12.4. The first-order chi connectivity index (χ1) is 13.8. The maximum absolute atomic E-state index is 12.4. The van der Waals surface area contributed by atoms with Gasteiger partial charge in [0, 0.05) is 25.0 Å². The lowest BCUT2D eigenvalue weighted by molar-refractivity contribution is -0.384. The Hall–Kier alpha value is -3.03. The van der Waals surface area contributed by atoms with Crippen LogP contribution in [0.25, 0.3) is 0 Å². The zero-order chi connectivity index (χ0) is 21.4. The second-order valence-electron chi connectivity index (χ2n) is 6.81. The van der Waals surface area contributed by atoms with Crippen molar-refractivity contribution >= 4 is 11.5 Å². The number of methoxy groups -OCH3 is 1. The van der Waals surface area contributed by atoms with Crippen molar-refractivity contribution in [3.8, 4) is 5.75 Å². The van der Waals surface area contributed by atoms with Crippen LogP contribution in [0.1, 0.15) is 37.0 Å². The summed E-state index contributed by atoms with van der Waals surface area (Å²) in [6.07, 6.45) is -1.51. The molecule has 0 saturated heterocycles. The van der Waals surface area contributed by atoms with Crippen molar-refractivity contribution in [3.05, 3.63) is 81.9 Å². The summed E-state index contributed by atoms with van der Waals surface area (Å²) in [7, 11) is 1.58. The largest absolute Gasteiger partial charge is 0.497 e. The average molecular weight is 399 g/mol. The fraction of sp³-hybridized carbons (Fsp3) is 0.318. The molecule has 0 heterocycles. The van der Waals surface area contributed by atoms with Gasteiger partial charge >= 0.3 is 0 Å². The minimum Gasteiger partial charge on any atom is -0.497 e. The third kappa shape index (κ3) is 6.81. The van der Waals surface area contributed by atoms with Crippen LogP contribution in [-0.2, 0) is 16.1 Å². The molecule has 0 spiro atoms. The summed E-state index contributed by atoms with van der Waals surface area (Å²) in [5, 5.41) is 20.8. The van der Waals surface area contributed by atoms with Gasteiger partial charge in [-0.1, -0.05) is 24.3 Å². The van der Waals surface area contributed by atoms with E-state index in [9.17, 15) is 20.0 Å². The average Bonchev–Trinajstić information content (AvgIpc) is 2.71. The molecule has 2 aromatic carbocycles. The summed E-state index contributed by atoms with van der Waals surface area (Å²) in [4.78, 5) is 22.8. The van der Waals surface area contributed by atoms with Gasteiger partial charge in [-0.3, -0.25) is 14.9 Å². The molecule has 0 amide bonds. The van der Waals surface area contributed by atoms with Crippen molar-refractivity contribution in [2.45, 2.75) is 38.6 Å². The smallest absolute Gasteiger partial charge is 0.269 e. The van der Waals surface area contributed by atoms with E-state index in [0.29, 0.717) is 11.1 Å². The van der Waals surface area contributed by atoms with Crippen molar-refractivity contribution in [3.63, 3.8) is 0 Å². The molecular formula is C22H25NO6. The number of ketones is 1. The van der Waals surface area contributed by atoms with Crippen molar-refractivity contribution in [1.29, 1.82) is 0 Å². The van der Waals surface area contributed by atoms with Gasteiger partial charge in [0.2, 0.25) is 0 Å². The molecule has 2 aromatic rings. The Bertz CT molecular complexity index is 845. The van der Waals surface area contributed by atoms with Gasteiger partial charge in [0.1, 0.15) is 11.5 Å². The van der Waals surface area contributed by atoms with Crippen LogP contribution in [0.4, 0.5) is 5.69 Å². The monoisotopic (exact) mass is 399 g/mol. The van der Waals surface area contributed by atoms with Crippen molar-refractivity contribution in [1.82, 2.24) is 0 Å². The number of rotatable bonds is 11. The van der Waals surface area contributed by atoms with E-state index >= 15 is 0 Å². The molecule has 0 aliphatic heterocycles. The molecule has 0 aromatic heterocycles. The summed E-state index contributed by atoms with van der Waals surface area (Å²) in [6.45, 7) is 5.56. The Morgan fingerprint density at radius 3 is 2.28 bits per heavy atom. The summed E-state index contributed by atoms with van der Waals surface area (Å²) in [6, 6.07) is 13.3. The highest BCUT2D eigenvalue weighted by atomic mass is 16.6. The Kier molecular flexibility index (Phi) is 8.06. The molecule has 7 nitrogen and oxygen atoms in total. The highest BCUT2D eigenvalue weighted by molar-refractivity contribution is 5.80. The van der Waals surface area contributed by atoms with Crippen LogP contribution in [0.15, 0.2) is 60.7 Å². The molecule has 1 N–H and O–H groups in total. The molecule has 0 unspecified atom stereocenters. The molecule has 29 heavy (non-hydrogen) atoms. The molecule has 0 saturated carbocycles. The Morgan fingerprint density at radius 2 is 1.76 bits per heavy atom. The summed E-state index contributed by atoms with van der Waals surface area (Å²) < 4.78 is 11.1. The molecule has 0 fully saturated rings. The van der Waals surface area contributed by atoms with E-state index in [1.165, 1.54) is 12.1 Å². The predicted octanol–water partition coefficient (Wildman–Crippen LogP) is 4.15. The van der Waals surface area contributed by atoms with E-state index in [1.807, 2.05) is 24.3 Å². The SMILES string of the molecule is C=C(C)[C@@H](O)CC(=O)C[C@H](OCc1ccc(OC)cc1)c1ccc([N+](=O)[O-])cc1. The molecule has 0 radical (unpaired) electrons. The number of Topliss-reactive ketones (excluding diaryl/α,β-unsaturated/α-hetero) is 1. The molecule has 154 valence electrons. The van der Waals surface area contributed by atoms with Crippen molar-refractivity contribution < 1.29 is 24.3 Å². The van der Waals surface area contributed by atoms with Gasteiger partial charge < -0.3 is 14.6 Å². The van der Waals surface area contributed by atoms with Crippen molar-refractivity contribution in [2.75, 3.05) is 7.11 Å². The Balaban J connectivity index is 2.13. The van der Waals surface area contributed by atoms with Gasteiger partial charge in [-0.2, -0.15) is 0 Å². The molecule has 0 aliphatic rings. The summed E-state index contributed by atoms with van der Waals surface area (Å²) in [5.74, 6) is 0.545. The van der Waals surface area contributed by atoms with Gasteiger partial charge in [0.25, 0.3) is 5.69 Å². The number of hydrogen-bond acceptors (Lipinski definition) is 6. The van der Waals surface area contributed by atoms with E-state index in [1.54, 1.807) is 26.2 Å². The van der Waals surface area contributed by atoms with Crippen molar-refractivity contribution in [2.24, 2.45) is 0 Å². The number of aliphatic hydroxyl groups is 1. The number of carbonyl (C=O) groups is 1. The number of aliphatic hydroxyl groups excluding tert-OH is 1. The fourth-order valence-corrected chi connectivity index (χ4v) is 2.68. The van der Waals surface area contributed by atoms with Gasteiger partial charge in [0.05, 0.1) is 30.8 Å². The molecule has 2 atom stereocenters. The van der Waals surface area contributed by atoms with Gasteiger partial charge in [-0.25, -0.2) is 0 Å². The van der Waals surface area contributed by atoms with Gasteiger partial charge in [0.15, 0.2) is 0 Å². The van der Waals surface area contributed by atoms with E-state index in [-0.39, 0.29) is 30.9 Å². The second kappa shape index (κ2) is 10.5. The molecule has 7 heteroatoms. The van der Waals surface area contributed by atoms with E-state index in [4.69, 9.17) is 9.47 Å². The lowest BCUT2D eigenvalue weighted by atomic mass is 9.99. The van der Waals surface area contributed by atoms with E-state index in [2.05, 4.69) is 6.58 Å². The normalized spacial score (nSPS) is 12.8. The van der Waals surface area contributed by atoms with E-state index in [0.717, 1.165) is 11.3 Å². The highest BCUT2D eigenvalue weighted by Gasteiger charge is 2.20. The number of hydrogen-bond donors (Lipinski definition) is 1. The zero-order valence-electron chi connectivity index (χ0n) is 16.5. The molecule has 0 aliphatic carbocycles. The molecule has 0 bridgehead atoms. The van der Waals surface area contributed by atoms with Crippen LogP contribution in [0.5, 0.6) is 5.75 Å². The lowest BCUT2D eigenvalue weighted by Gasteiger charge is -2.19. The molecular weight excluding hydrogens is 374 g/mol. The highest BCUT2D eigenvalue weighted by Crippen LogP contribution is 2.26. The lowest BCUT2D eigenvalue weighted by Crippen LogP contribution is -2.17. The van der Waals surface area contributed by atoms with Crippen LogP contribution >= 0.6 is 0 Å². The fourth-order valence-electron chi connectivity index (χ4n) is 2.68. The summed E-state index contributed by atoms with van der Waals surface area (Å²) >= 11 is 0. The topological polar surface area (TPSA) is 98.9 Å². The minimum atomic E-state index is -0.901. The third-order valence-corrected chi connectivity index (χ3v) is 4.49. The van der Waals surface area contributed by atoms with Gasteiger partial charge in [-0.15, -0.1) is 0 Å². The predicted molar refractivity (Wildman–Crippen MR) is 109 cm³/mol. The standard InChI is InChI=1S/C22H25NO6/c1-15(2)21(25)12-19(24)13-22(17-6-8-18(9-7-17)23(26)27)29-14-16-4-10-20(28-3)11-5-16/h4-11,21-22,25H,1,12-14H2,2-3H3/t21-,22-/m0/s1. The number of ether oxygens (including phenoxy) is 2. The van der Waals surface area contributed by atoms with Crippen LogP contribution < -0.4 is 4.74 Å². The quantitative estimate of drug-likeness (QED) is 0.346. The van der Waals surface area contributed by atoms with Gasteiger partial charge in [-0.05, 0) is 42.3 Å².